The van der Waals surface area contributed by atoms with Crippen molar-refractivity contribution in [3.63, 3.8) is 0 Å². The summed E-state index contributed by atoms with van der Waals surface area (Å²) < 4.78 is 31.2. The van der Waals surface area contributed by atoms with E-state index < -0.39 is 11.4 Å². The van der Waals surface area contributed by atoms with Gasteiger partial charge in [-0.1, -0.05) is 0 Å². The molecule has 0 spiro atoms. The van der Waals surface area contributed by atoms with Gasteiger partial charge in [-0.25, -0.2) is 14.4 Å². The van der Waals surface area contributed by atoms with Gasteiger partial charge in [-0.3, -0.25) is 4.79 Å². The summed E-state index contributed by atoms with van der Waals surface area (Å²) in [5.41, 5.74) is 0.633. The highest BCUT2D eigenvalue weighted by Gasteiger charge is 2.36. The first-order chi connectivity index (χ1) is 17.3. The number of nitrogens with zero attached hydrogens (tertiary/aromatic N) is 4. The van der Waals surface area contributed by atoms with Crippen LogP contribution in [-0.4, -0.2) is 59.9 Å². The third-order valence-corrected chi connectivity index (χ3v) is 5.78. The molecule has 11 nitrogen and oxygen atoms in total. The standard InChI is InChI=1S/C24H26FN7O4/c1-24(2)22(33)30-21-17(36-24)6-7-19(29-21)28-20-15(25)13-26-23(31-20)27-14-4-5-16(18(12-14)34-3)32-8-10-35-11-9-32/h4-7,12-13H,8-11H2,1-3H3,(H3,26,27,28,29,30,31,33). The van der Waals surface area contributed by atoms with Gasteiger partial charge in [0.2, 0.25) is 5.95 Å². The molecule has 4 heterocycles. The zero-order valence-electron chi connectivity index (χ0n) is 20.1. The second kappa shape index (κ2) is 9.46. The highest BCUT2D eigenvalue weighted by molar-refractivity contribution is 5.99. The second-order valence-electron chi connectivity index (χ2n) is 8.74. The normalized spacial score (nSPS) is 16.4. The molecule has 3 N–H and O–H groups in total. The highest BCUT2D eigenvalue weighted by Crippen LogP contribution is 2.34. The van der Waals surface area contributed by atoms with Gasteiger partial charge in [0.25, 0.3) is 5.91 Å². The van der Waals surface area contributed by atoms with Gasteiger partial charge in [0.05, 0.1) is 32.2 Å². The lowest BCUT2D eigenvalue weighted by molar-refractivity contribution is -0.129. The fraction of sp³-hybridized carbons (Fsp3) is 0.333. The molecule has 188 valence electrons. The molecule has 3 aromatic rings. The van der Waals surface area contributed by atoms with E-state index in [0.29, 0.717) is 30.4 Å². The average Bonchev–Trinajstić information content (AvgIpc) is 2.87. The van der Waals surface area contributed by atoms with Crippen LogP contribution in [0.25, 0.3) is 0 Å². The van der Waals surface area contributed by atoms with Crippen molar-refractivity contribution in [3.05, 3.63) is 42.3 Å². The van der Waals surface area contributed by atoms with Crippen LogP contribution in [-0.2, 0) is 9.53 Å². The van der Waals surface area contributed by atoms with Crippen LogP contribution in [0.3, 0.4) is 0 Å². The molecule has 36 heavy (non-hydrogen) atoms. The molecule has 1 saturated heterocycles. The van der Waals surface area contributed by atoms with E-state index in [-0.39, 0.29) is 29.3 Å². The van der Waals surface area contributed by atoms with Gasteiger partial charge in [0, 0.05) is 24.8 Å². The molecule has 2 aliphatic heterocycles. The number of benzene rings is 1. The summed E-state index contributed by atoms with van der Waals surface area (Å²) in [5, 5.41) is 8.61. The van der Waals surface area contributed by atoms with Gasteiger partial charge >= 0.3 is 0 Å². The molecule has 2 aromatic heterocycles. The number of morpholine rings is 1. The maximum Gasteiger partial charge on any atom is 0.269 e. The van der Waals surface area contributed by atoms with E-state index in [1.54, 1.807) is 33.1 Å². The maximum absolute atomic E-state index is 14.5. The number of nitrogens with one attached hydrogen (secondary N) is 3. The largest absolute Gasteiger partial charge is 0.495 e. The minimum absolute atomic E-state index is 0.0831. The first-order valence-corrected chi connectivity index (χ1v) is 11.4. The molecule has 1 amide bonds. The van der Waals surface area contributed by atoms with Crippen LogP contribution in [0.2, 0.25) is 0 Å². The predicted octanol–water partition coefficient (Wildman–Crippen LogP) is 3.45. The van der Waals surface area contributed by atoms with Gasteiger partial charge in [-0.15, -0.1) is 0 Å². The molecule has 0 aliphatic carbocycles. The zero-order chi connectivity index (χ0) is 25.3. The number of fused-ring (bicyclic) bond motifs is 1. The maximum atomic E-state index is 14.5. The Balaban J connectivity index is 1.34. The number of aromatic nitrogens is 3. The Morgan fingerprint density at radius 1 is 1.14 bits per heavy atom. The Bertz CT molecular complexity index is 1300. The van der Waals surface area contributed by atoms with E-state index in [9.17, 15) is 9.18 Å². The average molecular weight is 496 g/mol. The first kappa shape index (κ1) is 23.5. The summed E-state index contributed by atoms with van der Waals surface area (Å²) in [6.45, 7) is 6.21. The minimum Gasteiger partial charge on any atom is -0.495 e. The van der Waals surface area contributed by atoms with Crippen LogP contribution in [0.1, 0.15) is 13.8 Å². The fourth-order valence-corrected chi connectivity index (χ4v) is 3.85. The van der Waals surface area contributed by atoms with Crippen molar-refractivity contribution in [1.29, 1.82) is 0 Å². The van der Waals surface area contributed by atoms with E-state index in [4.69, 9.17) is 14.2 Å². The Morgan fingerprint density at radius 3 is 2.72 bits per heavy atom. The quantitative estimate of drug-likeness (QED) is 0.469. The number of hydrogen-bond donors (Lipinski definition) is 3. The van der Waals surface area contributed by atoms with Crippen molar-refractivity contribution in [1.82, 2.24) is 15.0 Å². The Hall–Kier alpha value is -4.19. The summed E-state index contributed by atoms with van der Waals surface area (Å²) in [7, 11) is 1.61. The topological polar surface area (TPSA) is 123 Å². The van der Waals surface area contributed by atoms with E-state index >= 15 is 0 Å². The van der Waals surface area contributed by atoms with Crippen molar-refractivity contribution in [2.24, 2.45) is 0 Å². The number of carbonyl (C=O) groups is 1. The van der Waals surface area contributed by atoms with Crippen LogP contribution in [0.5, 0.6) is 11.5 Å². The van der Waals surface area contributed by atoms with Crippen molar-refractivity contribution < 1.29 is 23.4 Å². The molecule has 0 radical (unpaired) electrons. The predicted molar refractivity (Wildman–Crippen MR) is 132 cm³/mol. The molecular formula is C24H26FN7O4. The first-order valence-electron chi connectivity index (χ1n) is 11.4. The van der Waals surface area contributed by atoms with Gasteiger partial charge in [-0.05, 0) is 38.1 Å². The summed E-state index contributed by atoms with van der Waals surface area (Å²) in [6, 6.07) is 8.91. The van der Waals surface area contributed by atoms with Crippen LogP contribution < -0.4 is 30.3 Å². The number of carbonyl (C=O) groups excluding carboxylic acids is 1. The van der Waals surface area contributed by atoms with Crippen LogP contribution >= 0.6 is 0 Å². The summed E-state index contributed by atoms with van der Waals surface area (Å²) in [5.74, 6) is 0.730. The lowest BCUT2D eigenvalue weighted by Gasteiger charge is -2.30. The second-order valence-corrected chi connectivity index (χ2v) is 8.74. The molecule has 1 fully saturated rings. The van der Waals surface area contributed by atoms with Crippen molar-refractivity contribution in [2.75, 3.05) is 54.3 Å². The molecule has 0 saturated carbocycles. The van der Waals surface area contributed by atoms with Crippen molar-refractivity contribution >= 4 is 40.7 Å². The van der Waals surface area contributed by atoms with E-state index in [2.05, 4.69) is 35.8 Å². The fourth-order valence-electron chi connectivity index (χ4n) is 3.85. The third-order valence-electron chi connectivity index (χ3n) is 5.78. The minimum atomic E-state index is -1.01. The summed E-state index contributed by atoms with van der Waals surface area (Å²) in [4.78, 5) is 27.0. The van der Waals surface area contributed by atoms with E-state index in [1.807, 2.05) is 18.2 Å². The molecular weight excluding hydrogens is 469 g/mol. The highest BCUT2D eigenvalue weighted by atomic mass is 19.1. The number of anilines is 6. The molecule has 0 bridgehead atoms. The number of halogens is 1. The molecule has 2 aliphatic rings. The number of amides is 1. The van der Waals surface area contributed by atoms with Crippen LogP contribution in [0.4, 0.5) is 39.2 Å². The molecule has 0 atom stereocenters. The van der Waals surface area contributed by atoms with Gasteiger partial charge in [0.15, 0.2) is 28.8 Å². The Kier molecular flexibility index (Phi) is 6.18. The Labute approximate surface area is 207 Å². The lowest BCUT2D eigenvalue weighted by Crippen LogP contribution is -2.46. The van der Waals surface area contributed by atoms with E-state index in [1.165, 1.54) is 0 Å². The van der Waals surface area contributed by atoms with Crippen LogP contribution in [0.15, 0.2) is 36.5 Å². The number of hydrogen-bond acceptors (Lipinski definition) is 10. The SMILES string of the molecule is COc1cc(Nc2ncc(F)c(Nc3ccc4c(n3)NC(=O)C(C)(C)O4)n2)ccc1N1CCOCC1. The van der Waals surface area contributed by atoms with Gasteiger partial charge in [-0.2, -0.15) is 4.98 Å². The molecule has 1 aromatic carbocycles. The zero-order valence-corrected chi connectivity index (χ0v) is 20.1. The smallest absolute Gasteiger partial charge is 0.269 e. The third kappa shape index (κ3) is 4.80. The van der Waals surface area contributed by atoms with E-state index in [0.717, 1.165) is 25.0 Å². The van der Waals surface area contributed by atoms with Crippen molar-refractivity contribution in [3.8, 4) is 11.5 Å². The van der Waals surface area contributed by atoms with Crippen LogP contribution in [0, 0.1) is 5.82 Å². The number of pyridine rings is 1. The molecule has 5 rings (SSSR count). The molecule has 0 unspecified atom stereocenters. The van der Waals surface area contributed by atoms with Crippen molar-refractivity contribution in [2.45, 2.75) is 19.4 Å². The number of rotatable bonds is 6. The number of ether oxygens (including phenoxy) is 3. The monoisotopic (exact) mass is 495 g/mol. The summed E-state index contributed by atoms with van der Waals surface area (Å²) >= 11 is 0. The lowest BCUT2D eigenvalue weighted by atomic mass is 10.1. The molecule has 12 heteroatoms. The Morgan fingerprint density at radius 2 is 1.94 bits per heavy atom. The number of methoxy groups -OCH3 is 1. The van der Waals surface area contributed by atoms with Gasteiger partial charge < -0.3 is 35.1 Å². The van der Waals surface area contributed by atoms with Gasteiger partial charge in [0.1, 0.15) is 11.6 Å². The summed E-state index contributed by atoms with van der Waals surface area (Å²) in [6.07, 6.45) is 1.06.